The Morgan fingerprint density at radius 3 is 2.57 bits per heavy atom. The number of aliphatic hydroxyl groups is 2. The lowest BCUT2D eigenvalue weighted by Gasteiger charge is -2.21. The number of aliphatic hydroxyl groups excluding tert-OH is 2. The summed E-state index contributed by atoms with van der Waals surface area (Å²) in [5.41, 5.74) is 1.75. The first-order valence-corrected chi connectivity index (χ1v) is 11.7. The van der Waals surface area contributed by atoms with Crippen molar-refractivity contribution in [3.8, 4) is 17.2 Å². The third kappa shape index (κ3) is 5.62. The fraction of sp³-hybridized carbons (Fsp3) is 0.421. The fourth-order valence-electron chi connectivity index (χ4n) is 3.49. The highest BCUT2D eigenvalue weighted by molar-refractivity contribution is 7.46. The summed E-state index contributed by atoms with van der Waals surface area (Å²) < 4.78 is 37.3. The molecule has 3 heterocycles. The van der Waals surface area contributed by atoms with E-state index in [4.69, 9.17) is 28.7 Å². The molecule has 0 bridgehead atoms. The highest BCUT2D eigenvalue weighted by Crippen LogP contribution is 2.39. The maximum Gasteiger partial charge on any atom is 0.469 e. The molecule has 3 aromatic rings. The van der Waals surface area contributed by atoms with E-state index in [1.54, 1.807) is 12.1 Å². The van der Waals surface area contributed by atoms with E-state index < -0.39 is 39.0 Å². The van der Waals surface area contributed by atoms with Crippen LogP contribution in [0.3, 0.4) is 0 Å². The van der Waals surface area contributed by atoms with Crippen LogP contribution < -0.4 is 19.5 Å². The van der Waals surface area contributed by atoms with E-state index in [1.807, 2.05) is 0 Å². The Kier molecular flexibility index (Phi) is 7.37. The zero-order chi connectivity index (χ0) is 25.2. The monoisotopic (exact) mass is 513 g/mol. The molecule has 190 valence electrons. The summed E-state index contributed by atoms with van der Waals surface area (Å²) in [5, 5.41) is 23.7. The summed E-state index contributed by atoms with van der Waals surface area (Å²) in [5.74, 6) is 1.40. The zero-order valence-electron chi connectivity index (χ0n) is 18.6. The topological polar surface area (TPSA) is 211 Å². The molecule has 6 N–H and O–H groups in total. The SMILES string of the molecule is COc1cc(OC)c(OC2O[C@H](COP(=O)(O)O)[C@@H](O)[C@H]2O)cc1CNc1ncnc2nc[nH]c12. The van der Waals surface area contributed by atoms with Gasteiger partial charge >= 0.3 is 7.82 Å². The number of imidazole rings is 1. The summed E-state index contributed by atoms with van der Waals surface area (Å²) in [6.07, 6.45) is -2.76. The molecule has 4 rings (SSSR count). The third-order valence-corrected chi connectivity index (χ3v) is 5.69. The summed E-state index contributed by atoms with van der Waals surface area (Å²) in [7, 11) is -1.90. The number of methoxy groups -OCH3 is 2. The number of benzene rings is 1. The van der Waals surface area contributed by atoms with Crippen molar-refractivity contribution >= 4 is 24.8 Å². The first-order valence-electron chi connectivity index (χ1n) is 10.2. The van der Waals surface area contributed by atoms with Gasteiger partial charge in [0.2, 0.25) is 6.29 Å². The number of aromatic amines is 1. The molecule has 1 aliphatic heterocycles. The second-order valence-corrected chi connectivity index (χ2v) is 8.66. The molecule has 1 aromatic carbocycles. The molecule has 1 aliphatic rings. The second kappa shape index (κ2) is 10.3. The number of hydrogen-bond acceptors (Lipinski definition) is 12. The number of phosphoric ester groups is 1. The molecule has 2 aromatic heterocycles. The predicted molar refractivity (Wildman–Crippen MR) is 118 cm³/mol. The number of fused-ring (bicyclic) bond motifs is 1. The van der Waals surface area contributed by atoms with Crippen LogP contribution in [0.1, 0.15) is 5.56 Å². The lowest BCUT2D eigenvalue weighted by molar-refractivity contribution is -0.116. The number of rotatable bonds is 10. The van der Waals surface area contributed by atoms with Gasteiger partial charge in [0.15, 0.2) is 23.0 Å². The molecular formula is C19H24N5O10P. The number of H-pyrrole nitrogens is 1. The summed E-state index contributed by atoms with van der Waals surface area (Å²) in [4.78, 5) is 33.1. The first-order chi connectivity index (χ1) is 16.7. The molecule has 0 amide bonds. The van der Waals surface area contributed by atoms with E-state index in [-0.39, 0.29) is 18.0 Å². The van der Waals surface area contributed by atoms with E-state index in [1.165, 1.54) is 26.9 Å². The van der Waals surface area contributed by atoms with Gasteiger partial charge in [0.1, 0.15) is 35.9 Å². The van der Waals surface area contributed by atoms with Crippen molar-refractivity contribution in [1.29, 1.82) is 0 Å². The minimum Gasteiger partial charge on any atom is -0.496 e. The number of phosphoric acid groups is 1. The van der Waals surface area contributed by atoms with Gasteiger partial charge in [-0.15, -0.1) is 0 Å². The molecule has 35 heavy (non-hydrogen) atoms. The average molecular weight is 513 g/mol. The number of ether oxygens (including phenoxy) is 4. The summed E-state index contributed by atoms with van der Waals surface area (Å²) in [6.45, 7) is -0.414. The summed E-state index contributed by atoms with van der Waals surface area (Å²) in [6, 6.07) is 3.17. The van der Waals surface area contributed by atoms with Crippen LogP contribution in [-0.4, -0.2) is 85.4 Å². The minimum absolute atomic E-state index is 0.160. The number of anilines is 1. The Morgan fingerprint density at radius 2 is 1.86 bits per heavy atom. The third-order valence-electron chi connectivity index (χ3n) is 5.20. The van der Waals surface area contributed by atoms with Crippen LogP contribution in [0.5, 0.6) is 17.2 Å². The molecular weight excluding hydrogens is 489 g/mol. The normalized spacial score (nSPS) is 22.3. The second-order valence-electron chi connectivity index (χ2n) is 7.42. The summed E-state index contributed by atoms with van der Waals surface area (Å²) >= 11 is 0. The first kappa shape index (κ1) is 25.1. The predicted octanol–water partition coefficient (Wildman–Crippen LogP) is -0.0830. The minimum atomic E-state index is -4.79. The van der Waals surface area contributed by atoms with Crippen LogP contribution in [0.15, 0.2) is 24.8 Å². The fourth-order valence-corrected chi connectivity index (χ4v) is 3.83. The molecule has 4 atom stereocenters. The van der Waals surface area contributed by atoms with E-state index in [0.717, 1.165) is 0 Å². The van der Waals surface area contributed by atoms with Gasteiger partial charge in [-0.25, -0.2) is 19.5 Å². The maximum atomic E-state index is 10.9. The zero-order valence-corrected chi connectivity index (χ0v) is 19.5. The molecule has 0 radical (unpaired) electrons. The number of hydrogen-bond donors (Lipinski definition) is 6. The number of nitrogens with one attached hydrogen (secondary N) is 2. The lowest BCUT2D eigenvalue weighted by atomic mass is 10.1. The molecule has 0 saturated carbocycles. The molecule has 1 saturated heterocycles. The van der Waals surface area contributed by atoms with Crippen LogP contribution in [0.2, 0.25) is 0 Å². The van der Waals surface area contributed by atoms with Gasteiger partial charge in [-0.3, -0.25) is 4.52 Å². The largest absolute Gasteiger partial charge is 0.496 e. The molecule has 0 spiro atoms. The molecule has 1 unspecified atom stereocenters. The van der Waals surface area contributed by atoms with Gasteiger partial charge in [-0.05, 0) is 6.07 Å². The van der Waals surface area contributed by atoms with Gasteiger partial charge in [0, 0.05) is 18.2 Å². The Balaban J connectivity index is 1.53. The quantitative estimate of drug-likeness (QED) is 0.196. The highest BCUT2D eigenvalue weighted by atomic mass is 31.2. The van der Waals surface area contributed by atoms with Crippen LogP contribution in [0, 0.1) is 0 Å². The van der Waals surface area contributed by atoms with Crippen LogP contribution >= 0.6 is 7.82 Å². The van der Waals surface area contributed by atoms with Crippen molar-refractivity contribution < 1.29 is 48.0 Å². The van der Waals surface area contributed by atoms with Crippen molar-refractivity contribution in [3.63, 3.8) is 0 Å². The Bertz CT molecular complexity index is 1220. The van der Waals surface area contributed by atoms with Crippen molar-refractivity contribution in [2.24, 2.45) is 0 Å². The lowest BCUT2D eigenvalue weighted by Crippen LogP contribution is -2.36. The van der Waals surface area contributed by atoms with Crippen molar-refractivity contribution in [3.05, 3.63) is 30.4 Å². The Hall–Kier alpha value is -3.04. The molecule has 15 nitrogen and oxygen atoms in total. The van der Waals surface area contributed by atoms with Gasteiger partial charge in [0.05, 0.1) is 27.2 Å². The van der Waals surface area contributed by atoms with E-state index in [0.29, 0.717) is 28.3 Å². The van der Waals surface area contributed by atoms with Crippen LogP contribution in [0.25, 0.3) is 11.2 Å². The van der Waals surface area contributed by atoms with Crippen LogP contribution in [0.4, 0.5) is 5.82 Å². The van der Waals surface area contributed by atoms with E-state index >= 15 is 0 Å². The van der Waals surface area contributed by atoms with Crippen molar-refractivity contribution in [2.75, 3.05) is 26.1 Å². The maximum absolute atomic E-state index is 10.9. The van der Waals surface area contributed by atoms with Gasteiger partial charge in [-0.2, -0.15) is 0 Å². The van der Waals surface area contributed by atoms with Crippen molar-refractivity contribution in [2.45, 2.75) is 31.1 Å². The van der Waals surface area contributed by atoms with Crippen molar-refractivity contribution in [1.82, 2.24) is 19.9 Å². The van der Waals surface area contributed by atoms with E-state index in [2.05, 4.69) is 29.8 Å². The van der Waals surface area contributed by atoms with Gasteiger partial charge in [0.25, 0.3) is 0 Å². The average Bonchev–Trinajstić information content (AvgIpc) is 3.41. The molecule has 0 aliphatic carbocycles. The smallest absolute Gasteiger partial charge is 0.469 e. The highest BCUT2D eigenvalue weighted by Gasteiger charge is 2.45. The standard InChI is InChI=1S/C19H24N5O10P/c1-30-10-4-11(31-2)12(33-19-16(26)15(25)13(34-19)6-32-35(27,28)29)3-9(10)5-20-17-14-18(22-7-21-14)24-8-23-17/h3-4,7-8,13,15-16,19,25-26H,5-6H2,1-2H3,(H2,27,28,29)(H2,20,21,22,23,24)/t13-,15-,16-,19?/m1/s1. The van der Waals surface area contributed by atoms with Gasteiger partial charge < -0.3 is 49.2 Å². The van der Waals surface area contributed by atoms with Gasteiger partial charge in [-0.1, -0.05) is 0 Å². The van der Waals surface area contributed by atoms with E-state index in [9.17, 15) is 14.8 Å². The Labute approximate surface area is 198 Å². The molecule has 1 fully saturated rings. The van der Waals surface area contributed by atoms with Crippen LogP contribution in [-0.2, 0) is 20.4 Å². The number of aromatic nitrogens is 4. The number of nitrogens with zero attached hydrogens (tertiary/aromatic N) is 3. The Morgan fingerprint density at radius 1 is 1.09 bits per heavy atom. The molecule has 16 heteroatoms.